The Kier molecular flexibility index (Phi) is 5.58. The van der Waals surface area contributed by atoms with Crippen LogP contribution in [0.4, 0.5) is 0 Å². The molecule has 0 bridgehead atoms. The number of methoxy groups -OCH3 is 1. The molecule has 0 aliphatic rings. The van der Waals surface area contributed by atoms with Gasteiger partial charge in [0, 0.05) is 18.3 Å². The van der Waals surface area contributed by atoms with Crippen molar-refractivity contribution in [2.45, 2.75) is 26.3 Å². The van der Waals surface area contributed by atoms with Crippen LogP contribution >= 0.6 is 0 Å². The van der Waals surface area contributed by atoms with Crippen LogP contribution in [0.5, 0.6) is 17.4 Å². The summed E-state index contributed by atoms with van der Waals surface area (Å²) in [6, 6.07) is 11.7. The number of nitrogens with one attached hydrogen (secondary N) is 1. The van der Waals surface area contributed by atoms with Gasteiger partial charge in [0.25, 0.3) is 0 Å². The largest absolute Gasteiger partial charge is 0.497 e. The lowest BCUT2D eigenvalue weighted by molar-refractivity contribution is 0.412. The Bertz CT molecular complexity index is 555. The van der Waals surface area contributed by atoms with Gasteiger partial charge < -0.3 is 14.8 Å². The first-order valence-corrected chi connectivity index (χ1v) is 7.24. The van der Waals surface area contributed by atoms with Crippen molar-refractivity contribution in [1.82, 2.24) is 10.3 Å². The van der Waals surface area contributed by atoms with Gasteiger partial charge in [0.1, 0.15) is 11.5 Å². The molecule has 1 aromatic heterocycles. The molecule has 1 unspecified atom stereocenters. The Labute approximate surface area is 126 Å². The summed E-state index contributed by atoms with van der Waals surface area (Å²) in [7, 11) is 1.64. The summed E-state index contributed by atoms with van der Waals surface area (Å²) in [5.74, 6) is 2.15. The zero-order chi connectivity index (χ0) is 15.1. The van der Waals surface area contributed by atoms with Crippen molar-refractivity contribution in [2.24, 2.45) is 0 Å². The molecule has 4 nitrogen and oxygen atoms in total. The third-order valence-corrected chi connectivity index (χ3v) is 3.24. The molecule has 2 aromatic rings. The van der Waals surface area contributed by atoms with Gasteiger partial charge >= 0.3 is 0 Å². The van der Waals surface area contributed by atoms with Crippen LogP contribution in [0.25, 0.3) is 0 Å². The van der Waals surface area contributed by atoms with Gasteiger partial charge in [0.2, 0.25) is 5.88 Å². The Balaban J connectivity index is 2.06. The lowest BCUT2D eigenvalue weighted by atomic mass is 10.1. The SMILES string of the molecule is CCCNC(C)c1ccnc(Oc2ccc(OC)cc2)c1. The summed E-state index contributed by atoms with van der Waals surface area (Å²) in [6.07, 6.45) is 2.89. The van der Waals surface area contributed by atoms with Crippen molar-refractivity contribution in [3.8, 4) is 17.4 Å². The lowest BCUT2D eigenvalue weighted by Gasteiger charge is -2.14. The number of aromatic nitrogens is 1. The second kappa shape index (κ2) is 7.64. The molecule has 0 aliphatic carbocycles. The van der Waals surface area contributed by atoms with Crippen molar-refractivity contribution in [3.05, 3.63) is 48.2 Å². The number of ether oxygens (including phenoxy) is 2. The molecule has 0 spiro atoms. The van der Waals surface area contributed by atoms with Crippen LogP contribution in [0.15, 0.2) is 42.6 Å². The molecule has 0 saturated carbocycles. The molecule has 0 fully saturated rings. The molecule has 1 atom stereocenters. The van der Waals surface area contributed by atoms with Gasteiger partial charge in [-0.3, -0.25) is 0 Å². The highest BCUT2D eigenvalue weighted by Gasteiger charge is 2.07. The molecule has 0 radical (unpaired) electrons. The van der Waals surface area contributed by atoms with Crippen LogP contribution in [0.1, 0.15) is 31.9 Å². The summed E-state index contributed by atoms with van der Waals surface area (Å²) < 4.78 is 10.9. The van der Waals surface area contributed by atoms with Crippen LogP contribution in [-0.2, 0) is 0 Å². The zero-order valence-electron chi connectivity index (χ0n) is 12.8. The van der Waals surface area contributed by atoms with Gasteiger partial charge in [-0.2, -0.15) is 0 Å². The Hall–Kier alpha value is -2.07. The van der Waals surface area contributed by atoms with Crippen molar-refractivity contribution in [3.63, 3.8) is 0 Å². The van der Waals surface area contributed by atoms with Crippen LogP contribution < -0.4 is 14.8 Å². The highest BCUT2D eigenvalue weighted by molar-refractivity contribution is 5.34. The molecule has 1 N–H and O–H groups in total. The first-order valence-electron chi connectivity index (χ1n) is 7.24. The van der Waals surface area contributed by atoms with Gasteiger partial charge in [-0.15, -0.1) is 0 Å². The minimum absolute atomic E-state index is 0.283. The normalized spacial score (nSPS) is 12.0. The van der Waals surface area contributed by atoms with Gasteiger partial charge in [-0.1, -0.05) is 6.92 Å². The maximum atomic E-state index is 5.78. The fourth-order valence-corrected chi connectivity index (χ4v) is 1.99. The zero-order valence-corrected chi connectivity index (χ0v) is 12.8. The number of rotatable bonds is 7. The summed E-state index contributed by atoms with van der Waals surface area (Å²) >= 11 is 0. The van der Waals surface area contributed by atoms with Crippen LogP contribution in [0, 0.1) is 0 Å². The van der Waals surface area contributed by atoms with Gasteiger partial charge in [0.15, 0.2) is 0 Å². The van der Waals surface area contributed by atoms with E-state index in [0.29, 0.717) is 5.88 Å². The number of pyridine rings is 1. The molecule has 4 heteroatoms. The van der Waals surface area contributed by atoms with Crippen molar-refractivity contribution in [2.75, 3.05) is 13.7 Å². The highest BCUT2D eigenvalue weighted by atomic mass is 16.5. The summed E-state index contributed by atoms with van der Waals surface area (Å²) in [6.45, 7) is 5.30. The topological polar surface area (TPSA) is 43.4 Å². The first-order chi connectivity index (χ1) is 10.2. The predicted molar refractivity (Wildman–Crippen MR) is 84.0 cm³/mol. The minimum Gasteiger partial charge on any atom is -0.497 e. The fourth-order valence-electron chi connectivity index (χ4n) is 1.99. The second-order valence-electron chi connectivity index (χ2n) is 4.88. The monoisotopic (exact) mass is 286 g/mol. The maximum absolute atomic E-state index is 5.78. The number of nitrogens with zero attached hydrogens (tertiary/aromatic N) is 1. The number of hydrogen-bond donors (Lipinski definition) is 1. The Morgan fingerprint density at radius 2 is 1.86 bits per heavy atom. The van der Waals surface area contributed by atoms with Crippen molar-refractivity contribution in [1.29, 1.82) is 0 Å². The van der Waals surface area contributed by atoms with Crippen molar-refractivity contribution < 1.29 is 9.47 Å². The van der Waals surface area contributed by atoms with E-state index in [2.05, 4.69) is 24.1 Å². The fraction of sp³-hybridized carbons (Fsp3) is 0.353. The van der Waals surface area contributed by atoms with E-state index in [1.54, 1.807) is 13.3 Å². The molecule has 2 rings (SSSR count). The van der Waals surface area contributed by atoms with Gasteiger partial charge in [-0.05, 0) is 55.8 Å². The van der Waals surface area contributed by atoms with Crippen LogP contribution in [0.3, 0.4) is 0 Å². The summed E-state index contributed by atoms with van der Waals surface area (Å²) in [5, 5.41) is 3.45. The van der Waals surface area contributed by atoms with E-state index in [1.807, 2.05) is 36.4 Å². The third kappa shape index (κ3) is 4.46. The standard InChI is InChI=1S/C17H22N2O2/c1-4-10-18-13(2)14-9-11-19-17(12-14)21-16-7-5-15(20-3)6-8-16/h5-9,11-13,18H,4,10H2,1-3H3. The first kappa shape index (κ1) is 15.3. The second-order valence-corrected chi connectivity index (χ2v) is 4.88. The van der Waals surface area contributed by atoms with Gasteiger partial charge in [-0.25, -0.2) is 4.98 Å². The molecular formula is C17H22N2O2. The molecule has 0 amide bonds. The van der Waals surface area contributed by atoms with E-state index in [4.69, 9.17) is 9.47 Å². The summed E-state index contributed by atoms with van der Waals surface area (Å²) in [4.78, 5) is 4.26. The van der Waals surface area contributed by atoms with Crippen molar-refractivity contribution >= 4 is 0 Å². The van der Waals surface area contributed by atoms with E-state index in [9.17, 15) is 0 Å². The molecule has 0 saturated heterocycles. The smallest absolute Gasteiger partial charge is 0.219 e. The number of benzene rings is 1. The third-order valence-electron chi connectivity index (χ3n) is 3.24. The molecular weight excluding hydrogens is 264 g/mol. The Morgan fingerprint density at radius 3 is 2.52 bits per heavy atom. The summed E-state index contributed by atoms with van der Waals surface area (Å²) in [5.41, 5.74) is 1.17. The van der Waals surface area contributed by atoms with Crippen LogP contribution in [-0.4, -0.2) is 18.6 Å². The molecule has 112 valence electrons. The maximum Gasteiger partial charge on any atom is 0.219 e. The quantitative estimate of drug-likeness (QED) is 0.837. The minimum atomic E-state index is 0.283. The average Bonchev–Trinajstić information content (AvgIpc) is 2.53. The van der Waals surface area contributed by atoms with E-state index < -0.39 is 0 Å². The highest BCUT2D eigenvalue weighted by Crippen LogP contribution is 2.24. The van der Waals surface area contributed by atoms with E-state index >= 15 is 0 Å². The van der Waals surface area contributed by atoms with E-state index in [1.165, 1.54) is 5.56 Å². The Morgan fingerprint density at radius 1 is 1.14 bits per heavy atom. The van der Waals surface area contributed by atoms with E-state index in [-0.39, 0.29) is 6.04 Å². The van der Waals surface area contributed by atoms with Gasteiger partial charge in [0.05, 0.1) is 7.11 Å². The number of hydrogen-bond acceptors (Lipinski definition) is 4. The molecule has 0 aliphatic heterocycles. The van der Waals surface area contributed by atoms with E-state index in [0.717, 1.165) is 24.5 Å². The average molecular weight is 286 g/mol. The predicted octanol–water partition coefficient (Wildman–Crippen LogP) is 3.94. The lowest BCUT2D eigenvalue weighted by Crippen LogP contribution is -2.19. The molecule has 1 aromatic carbocycles. The van der Waals surface area contributed by atoms with Crippen LogP contribution in [0.2, 0.25) is 0 Å². The molecule has 21 heavy (non-hydrogen) atoms. The molecule has 1 heterocycles.